The normalized spacial score (nSPS) is 12.3. The highest BCUT2D eigenvalue weighted by Crippen LogP contribution is 2.38. The summed E-state index contributed by atoms with van der Waals surface area (Å²) in [5, 5.41) is 17.8. The number of aliphatic hydroxyl groups is 1. The number of nitrogens with zero attached hydrogens (tertiary/aromatic N) is 3. The topological polar surface area (TPSA) is 87.5 Å². The second-order valence-corrected chi connectivity index (χ2v) is 26.2. The minimum absolute atomic E-state index is 0.0329. The van der Waals surface area contributed by atoms with Crippen LogP contribution in [-0.4, -0.2) is 48.1 Å². The molecule has 6 nitrogen and oxygen atoms in total. The Hall–Kier alpha value is -4.02. The highest BCUT2D eigenvalue weighted by Gasteiger charge is 2.51. The molecule has 0 saturated carbocycles. The molecule has 324 valence electrons. The van der Waals surface area contributed by atoms with Gasteiger partial charge in [-0.05, 0) is 113 Å². The summed E-state index contributed by atoms with van der Waals surface area (Å²) < 4.78 is 13.8. The van der Waals surface area contributed by atoms with Gasteiger partial charge in [-0.2, -0.15) is 0 Å². The summed E-state index contributed by atoms with van der Waals surface area (Å²) in [6.45, 7) is 16.4. The molecule has 0 amide bonds. The molecule has 4 aromatic carbocycles. The van der Waals surface area contributed by atoms with E-state index in [1.54, 1.807) is 0 Å². The number of rotatable bonds is 25. The van der Waals surface area contributed by atoms with Gasteiger partial charge in [0.2, 0.25) is 0 Å². The van der Waals surface area contributed by atoms with E-state index in [4.69, 9.17) is 19.5 Å². The van der Waals surface area contributed by atoms with E-state index in [9.17, 15) is 0 Å². The van der Waals surface area contributed by atoms with Crippen molar-refractivity contribution in [1.29, 1.82) is 0 Å². The SMILES string of the molecule is CC(C)(C)[Si](OCCCC/C=C\CCCCN=[N+]=[N-])(c1ccccc1)c1ccccc1.CC(C)(C)[Si](OCCCC/C=C\CCCCO)(c1ccccc1)c1ccccc1. The maximum atomic E-state index is 8.82. The van der Waals surface area contributed by atoms with Gasteiger partial charge in [-0.25, -0.2) is 0 Å². The second kappa shape index (κ2) is 27.8. The fraction of sp³-hybridized carbons (Fsp3) is 0.462. The first kappa shape index (κ1) is 50.3. The lowest BCUT2D eigenvalue weighted by atomic mass is 10.2. The predicted octanol–water partition coefficient (Wildman–Crippen LogP) is 12.2. The van der Waals surface area contributed by atoms with Gasteiger partial charge in [0.1, 0.15) is 0 Å². The van der Waals surface area contributed by atoms with Crippen LogP contribution in [0.25, 0.3) is 10.4 Å². The highest BCUT2D eigenvalue weighted by atomic mass is 28.4. The third-order valence-corrected chi connectivity index (χ3v) is 21.1. The molecular formula is C52H75N3O3Si2. The second-order valence-electron chi connectivity index (χ2n) is 17.6. The standard InChI is InChI=1S/C26H37N3OSi.C26H38O2Si/c1-26(2,3)31(24-18-12-10-13-19-24,25-20-14-11-15-21-25)30-23-17-9-7-5-4-6-8-16-22-28-29-27;1-26(2,3)29(24-18-12-10-13-19-24,25-20-14-11-15-21-25)28-23-17-9-7-5-4-6-8-16-22-27/h4-5,10-15,18-21H,6-9,16-17,22-23H2,1-3H3;4-5,10-15,18-21,27H,6-9,16-17,22-23H2,1-3H3/b2*5-4-. The van der Waals surface area contributed by atoms with Crippen LogP contribution < -0.4 is 20.7 Å². The van der Waals surface area contributed by atoms with Gasteiger partial charge in [-0.1, -0.05) is 192 Å². The van der Waals surface area contributed by atoms with E-state index in [0.29, 0.717) is 13.2 Å². The summed E-state index contributed by atoms with van der Waals surface area (Å²) in [7, 11) is -4.78. The first-order valence-electron chi connectivity index (χ1n) is 22.5. The van der Waals surface area contributed by atoms with Gasteiger partial charge in [0.25, 0.3) is 16.6 Å². The summed E-state index contributed by atoms with van der Waals surface area (Å²) in [5.74, 6) is 0. The molecule has 0 heterocycles. The molecule has 0 aliphatic heterocycles. The molecule has 0 fully saturated rings. The van der Waals surface area contributed by atoms with Crippen LogP contribution in [0.1, 0.15) is 119 Å². The molecule has 0 aliphatic rings. The number of allylic oxidation sites excluding steroid dienone is 4. The van der Waals surface area contributed by atoms with E-state index in [1.165, 1.54) is 20.7 Å². The van der Waals surface area contributed by atoms with Crippen molar-refractivity contribution < 1.29 is 14.0 Å². The average molecular weight is 846 g/mol. The van der Waals surface area contributed by atoms with Crippen molar-refractivity contribution in [2.24, 2.45) is 5.11 Å². The van der Waals surface area contributed by atoms with Crippen LogP contribution in [0.4, 0.5) is 0 Å². The van der Waals surface area contributed by atoms with Gasteiger partial charge in [0, 0.05) is 31.3 Å². The van der Waals surface area contributed by atoms with Gasteiger partial charge >= 0.3 is 0 Å². The quantitative estimate of drug-likeness (QED) is 0.0180. The van der Waals surface area contributed by atoms with Gasteiger partial charge in [-0.3, -0.25) is 0 Å². The van der Waals surface area contributed by atoms with Crippen molar-refractivity contribution in [3.05, 3.63) is 156 Å². The molecule has 4 rings (SSSR count). The van der Waals surface area contributed by atoms with Crippen LogP contribution >= 0.6 is 0 Å². The Morgan fingerprint density at radius 1 is 0.483 bits per heavy atom. The monoisotopic (exact) mass is 846 g/mol. The van der Waals surface area contributed by atoms with Crippen LogP contribution in [0.2, 0.25) is 10.1 Å². The molecular weight excluding hydrogens is 771 g/mol. The Balaban J connectivity index is 0.000000321. The molecule has 0 unspecified atom stereocenters. The molecule has 60 heavy (non-hydrogen) atoms. The summed E-state index contributed by atoms with van der Waals surface area (Å²) >= 11 is 0. The van der Waals surface area contributed by atoms with Crippen molar-refractivity contribution in [2.45, 2.75) is 129 Å². The van der Waals surface area contributed by atoms with E-state index < -0.39 is 16.6 Å². The fourth-order valence-electron chi connectivity index (χ4n) is 8.04. The molecule has 0 bridgehead atoms. The summed E-state index contributed by atoms with van der Waals surface area (Å²) in [6.07, 6.45) is 21.8. The lowest BCUT2D eigenvalue weighted by Gasteiger charge is -2.43. The largest absolute Gasteiger partial charge is 0.407 e. The Kier molecular flexibility index (Phi) is 23.3. The Morgan fingerprint density at radius 3 is 1.07 bits per heavy atom. The van der Waals surface area contributed by atoms with E-state index in [0.717, 1.165) is 90.3 Å². The lowest BCUT2D eigenvalue weighted by Crippen LogP contribution is -2.66. The maximum absolute atomic E-state index is 8.82. The van der Waals surface area contributed by atoms with Crippen molar-refractivity contribution in [3.8, 4) is 0 Å². The molecule has 0 aliphatic carbocycles. The summed E-state index contributed by atoms with van der Waals surface area (Å²) in [5.41, 5.74) is 8.27. The number of unbranched alkanes of at least 4 members (excludes halogenated alkanes) is 8. The molecule has 8 heteroatoms. The zero-order chi connectivity index (χ0) is 43.4. The molecule has 1 N–H and O–H groups in total. The van der Waals surface area contributed by atoms with Crippen LogP contribution in [0.15, 0.2) is 151 Å². The molecule has 0 radical (unpaired) electrons. The number of azide groups is 1. The lowest BCUT2D eigenvalue weighted by molar-refractivity contribution is 0.285. The minimum atomic E-state index is -2.40. The van der Waals surface area contributed by atoms with E-state index in [-0.39, 0.29) is 10.1 Å². The molecule has 4 aromatic rings. The average Bonchev–Trinajstić information content (AvgIpc) is 3.25. The third kappa shape index (κ3) is 15.8. The van der Waals surface area contributed by atoms with Crippen LogP contribution in [0, 0.1) is 0 Å². The zero-order valence-corrected chi connectivity index (χ0v) is 39.8. The number of hydrogen-bond donors (Lipinski definition) is 1. The third-order valence-electron chi connectivity index (χ3n) is 11.1. The van der Waals surface area contributed by atoms with E-state index >= 15 is 0 Å². The van der Waals surface area contributed by atoms with Crippen LogP contribution in [0.5, 0.6) is 0 Å². The summed E-state index contributed by atoms with van der Waals surface area (Å²) in [6, 6.07) is 43.4. The minimum Gasteiger partial charge on any atom is -0.407 e. The first-order valence-corrected chi connectivity index (χ1v) is 26.3. The zero-order valence-electron chi connectivity index (χ0n) is 37.8. The predicted molar refractivity (Wildman–Crippen MR) is 262 cm³/mol. The summed E-state index contributed by atoms with van der Waals surface area (Å²) in [4.78, 5) is 2.78. The molecule has 0 spiro atoms. The van der Waals surface area contributed by atoms with Crippen molar-refractivity contribution in [3.63, 3.8) is 0 Å². The van der Waals surface area contributed by atoms with E-state index in [1.807, 2.05) is 0 Å². The van der Waals surface area contributed by atoms with Crippen molar-refractivity contribution in [2.75, 3.05) is 26.4 Å². The van der Waals surface area contributed by atoms with Gasteiger partial charge in [0.15, 0.2) is 0 Å². The first-order chi connectivity index (χ1) is 29.0. The van der Waals surface area contributed by atoms with Crippen molar-refractivity contribution in [1.82, 2.24) is 0 Å². The Morgan fingerprint density at radius 2 is 0.783 bits per heavy atom. The van der Waals surface area contributed by atoms with Crippen LogP contribution in [0.3, 0.4) is 0 Å². The van der Waals surface area contributed by atoms with Crippen LogP contribution in [-0.2, 0) is 8.85 Å². The molecule has 0 aromatic heterocycles. The molecule has 0 saturated heterocycles. The van der Waals surface area contributed by atoms with Gasteiger partial charge in [0.05, 0.1) is 0 Å². The van der Waals surface area contributed by atoms with Crippen molar-refractivity contribution >= 4 is 37.4 Å². The number of benzene rings is 4. The van der Waals surface area contributed by atoms with Gasteiger partial charge in [-0.15, -0.1) is 0 Å². The Labute approximate surface area is 366 Å². The van der Waals surface area contributed by atoms with E-state index in [2.05, 4.69) is 197 Å². The maximum Gasteiger partial charge on any atom is 0.261 e. The number of hydrogen-bond acceptors (Lipinski definition) is 4. The number of aliphatic hydroxyl groups excluding tert-OH is 1. The Bertz CT molecular complexity index is 1720. The van der Waals surface area contributed by atoms with Gasteiger partial charge < -0.3 is 14.0 Å². The smallest absolute Gasteiger partial charge is 0.261 e. The highest BCUT2D eigenvalue weighted by molar-refractivity contribution is 7.00. The fourth-order valence-corrected chi connectivity index (χ4v) is 17.2. The molecule has 0 atom stereocenters.